The lowest BCUT2D eigenvalue weighted by Gasteiger charge is -2.42. The molecule has 11 heteroatoms. The van der Waals surface area contributed by atoms with Crippen molar-refractivity contribution < 1.29 is 28.9 Å². The summed E-state index contributed by atoms with van der Waals surface area (Å²) >= 11 is 0. The van der Waals surface area contributed by atoms with Crippen LogP contribution in [0.25, 0.3) is 11.3 Å². The molecule has 6 aromatic rings. The van der Waals surface area contributed by atoms with Gasteiger partial charge in [-0.25, -0.2) is 0 Å². The number of phenolic OH excluding ortho intramolecular Hbond substituents is 1. The second-order valence-electron chi connectivity index (χ2n) is 16.3. The normalized spacial score (nSPS) is 17.1. The molecule has 4 aliphatic heterocycles. The van der Waals surface area contributed by atoms with Gasteiger partial charge in [0.1, 0.15) is 11.5 Å². The maximum atomic E-state index is 15.5. The van der Waals surface area contributed by atoms with E-state index in [0.717, 1.165) is 92.4 Å². The van der Waals surface area contributed by atoms with Crippen molar-refractivity contribution in [3.8, 4) is 34.3 Å². The summed E-state index contributed by atoms with van der Waals surface area (Å²) in [6.45, 7) is 5.47. The number of para-hydroxylation sites is 3. The molecule has 1 atom stereocenters. The van der Waals surface area contributed by atoms with E-state index in [4.69, 9.17) is 14.2 Å². The van der Waals surface area contributed by atoms with Crippen LogP contribution >= 0.6 is 0 Å². The minimum absolute atomic E-state index is 0.0680. The van der Waals surface area contributed by atoms with E-state index in [1.165, 1.54) is 5.56 Å². The van der Waals surface area contributed by atoms with E-state index in [2.05, 4.69) is 49.6 Å². The molecule has 10 rings (SSSR count). The molecular formula is C50H49N5O6. The monoisotopic (exact) mass is 815 g/mol. The quantitative estimate of drug-likeness (QED) is 0.156. The number of ether oxygens (including phenoxy) is 3. The van der Waals surface area contributed by atoms with E-state index in [0.29, 0.717) is 47.1 Å². The number of hydrogen-bond acceptors (Lipinski definition) is 8. The van der Waals surface area contributed by atoms with Gasteiger partial charge in [0, 0.05) is 80.2 Å². The molecule has 11 nitrogen and oxygen atoms in total. The van der Waals surface area contributed by atoms with Gasteiger partial charge < -0.3 is 33.7 Å². The third kappa shape index (κ3) is 7.33. The highest BCUT2D eigenvalue weighted by atomic mass is 16.7. The molecule has 0 aliphatic carbocycles. The molecule has 61 heavy (non-hydrogen) atoms. The first kappa shape index (κ1) is 38.5. The van der Waals surface area contributed by atoms with Crippen molar-refractivity contribution in [2.75, 3.05) is 56.4 Å². The van der Waals surface area contributed by atoms with Gasteiger partial charge in [-0.05, 0) is 104 Å². The Kier molecular flexibility index (Phi) is 10.3. The second kappa shape index (κ2) is 16.4. The molecule has 0 spiro atoms. The maximum absolute atomic E-state index is 15.5. The van der Waals surface area contributed by atoms with Crippen LogP contribution in [0.4, 0.5) is 17.1 Å². The van der Waals surface area contributed by atoms with Crippen molar-refractivity contribution in [3.05, 3.63) is 149 Å². The van der Waals surface area contributed by atoms with Crippen LogP contribution < -0.4 is 24.0 Å². The van der Waals surface area contributed by atoms with Gasteiger partial charge in [0.2, 0.25) is 6.79 Å². The van der Waals surface area contributed by atoms with Crippen LogP contribution in [0.15, 0.2) is 121 Å². The molecule has 1 N–H and O–H groups in total. The predicted molar refractivity (Wildman–Crippen MR) is 235 cm³/mol. The lowest BCUT2D eigenvalue weighted by atomic mass is 9.92. The number of amides is 2. The third-order valence-electron chi connectivity index (χ3n) is 12.7. The summed E-state index contributed by atoms with van der Waals surface area (Å²) in [5.74, 6) is 1.87. The van der Waals surface area contributed by atoms with E-state index in [1.807, 2.05) is 66.7 Å². The highest BCUT2D eigenvalue weighted by Crippen LogP contribution is 2.43. The second-order valence-corrected chi connectivity index (χ2v) is 16.3. The Hall–Kier alpha value is -6.72. The number of carbonyl (C=O) groups excluding carboxylic acids is 2. The number of hydrogen-bond donors (Lipinski definition) is 1. The topological polar surface area (TPSA) is 100.0 Å². The number of aromatic nitrogens is 1. The van der Waals surface area contributed by atoms with E-state index >= 15 is 4.79 Å². The van der Waals surface area contributed by atoms with Gasteiger partial charge in [0.25, 0.3) is 11.8 Å². The third-order valence-corrected chi connectivity index (χ3v) is 12.7. The van der Waals surface area contributed by atoms with Gasteiger partial charge in [-0.3, -0.25) is 19.4 Å². The summed E-state index contributed by atoms with van der Waals surface area (Å²) in [6.07, 6.45) is 3.37. The molecule has 4 aliphatic rings. The average molecular weight is 816 g/mol. The van der Waals surface area contributed by atoms with E-state index < -0.39 is 0 Å². The highest BCUT2D eigenvalue weighted by Gasteiger charge is 2.36. The molecule has 0 bridgehead atoms. The first-order valence-corrected chi connectivity index (χ1v) is 21.3. The minimum atomic E-state index is -0.180. The number of anilines is 3. The molecular weight excluding hydrogens is 767 g/mol. The maximum Gasteiger partial charge on any atom is 0.264 e. The number of aromatic hydroxyl groups is 1. The molecule has 0 saturated carbocycles. The van der Waals surface area contributed by atoms with Crippen LogP contribution in [0.5, 0.6) is 23.0 Å². The van der Waals surface area contributed by atoms with Crippen LogP contribution in [0.1, 0.15) is 50.4 Å². The zero-order valence-electron chi connectivity index (χ0n) is 34.3. The summed E-state index contributed by atoms with van der Waals surface area (Å²) in [7, 11) is 1.72. The predicted octanol–water partition coefficient (Wildman–Crippen LogP) is 8.30. The first-order valence-electron chi connectivity index (χ1n) is 21.3. The van der Waals surface area contributed by atoms with Gasteiger partial charge >= 0.3 is 0 Å². The Morgan fingerprint density at radius 3 is 2.25 bits per heavy atom. The highest BCUT2D eigenvalue weighted by molar-refractivity contribution is 6.12. The van der Waals surface area contributed by atoms with Gasteiger partial charge in [0.15, 0.2) is 11.5 Å². The number of benzene rings is 5. The molecule has 310 valence electrons. The zero-order chi connectivity index (χ0) is 41.5. The average Bonchev–Trinajstić information content (AvgIpc) is 3.94. The summed E-state index contributed by atoms with van der Waals surface area (Å²) < 4.78 is 19.8. The standard InChI is InChI=1S/C50H49N5O6/c1-59-46-17-8-7-16-44(46)52-25-23-51(24-26-52)32-38-27-34-11-5-6-12-35(34)31-54(38)49(57)41-30-48-47(60-33-61-48)29-40(41)45-28-42(43-15-9-10-22-53(43)45)50(58)55(36-13-3-2-4-14-36)37-18-20-39(56)21-19-37/h2-8,11-14,16-21,28-30,38,56H,9-10,15,22-27,31-33H2,1H3/t38-/m0/s1. The summed E-state index contributed by atoms with van der Waals surface area (Å²) in [4.78, 5) is 39.1. The Labute approximate surface area is 355 Å². The number of piperazine rings is 1. The van der Waals surface area contributed by atoms with Crippen LogP contribution in [0, 0.1) is 0 Å². The molecule has 1 fully saturated rings. The van der Waals surface area contributed by atoms with Crippen molar-refractivity contribution in [1.82, 2.24) is 14.4 Å². The number of rotatable bonds is 9. The molecule has 5 aromatic carbocycles. The van der Waals surface area contributed by atoms with E-state index in [9.17, 15) is 9.90 Å². The van der Waals surface area contributed by atoms with Crippen molar-refractivity contribution in [1.29, 1.82) is 0 Å². The number of fused-ring (bicyclic) bond motifs is 3. The van der Waals surface area contributed by atoms with Gasteiger partial charge in [-0.15, -0.1) is 0 Å². The Bertz CT molecular complexity index is 2580. The van der Waals surface area contributed by atoms with Crippen LogP contribution in [-0.2, 0) is 25.9 Å². The minimum Gasteiger partial charge on any atom is -0.508 e. The van der Waals surface area contributed by atoms with E-state index in [1.54, 1.807) is 36.3 Å². The lowest BCUT2D eigenvalue weighted by Crippen LogP contribution is -2.54. The fraction of sp³-hybridized carbons (Fsp3) is 0.280. The Balaban J connectivity index is 1.01. The van der Waals surface area contributed by atoms with E-state index in [-0.39, 0.29) is 30.4 Å². The van der Waals surface area contributed by atoms with Crippen molar-refractivity contribution in [2.24, 2.45) is 0 Å². The smallest absolute Gasteiger partial charge is 0.264 e. The van der Waals surface area contributed by atoms with Crippen LogP contribution in [0.3, 0.4) is 0 Å². The summed E-state index contributed by atoms with van der Waals surface area (Å²) in [5.41, 5.74) is 8.46. The number of methoxy groups -OCH3 is 1. The lowest BCUT2D eigenvalue weighted by molar-refractivity contribution is 0.0576. The Morgan fingerprint density at radius 1 is 0.754 bits per heavy atom. The van der Waals surface area contributed by atoms with Gasteiger partial charge in [-0.1, -0.05) is 54.6 Å². The molecule has 0 radical (unpaired) electrons. The number of carbonyl (C=O) groups is 2. The van der Waals surface area contributed by atoms with Crippen LogP contribution in [0.2, 0.25) is 0 Å². The first-order chi connectivity index (χ1) is 29.9. The molecule has 1 aromatic heterocycles. The largest absolute Gasteiger partial charge is 0.508 e. The molecule has 0 unspecified atom stereocenters. The number of nitrogens with zero attached hydrogens (tertiary/aromatic N) is 5. The Morgan fingerprint density at radius 2 is 1.46 bits per heavy atom. The molecule has 2 amide bonds. The SMILES string of the molecule is COc1ccccc1N1CCN(C[C@@H]2Cc3ccccc3CN2C(=O)c2cc3c(cc2-c2cc(C(=O)N(c4ccccc4)c4ccc(O)cc4)c4n2CCCC4)OCO3)CC1. The van der Waals surface area contributed by atoms with Crippen molar-refractivity contribution in [3.63, 3.8) is 0 Å². The number of phenols is 1. The fourth-order valence-electron chi connectivity index (χ4n) is 9.60. The van der Waals surface area contributed by atoms with Gasteiger partial charge in [0.05, 0.1) is 23.9 Å². The van der Waals surface area contributed by atoms with Crippen molar-refractivity contribution in [2.45, 2.75) is 44.8 Å². The molecule has 5 heterocycles. The van der Waals surface area contributed by atoms with Crippen molar-refractivity contribution >= 4 is 28.9 Å². The van der Waals surface area contributed by atoms with Crippen LogP contribution in [-0.4, -0.2) is 84.0 Å². The molecule has 1 saturated heterocycles. The zero-order valence-corrected chi connectivity index (χ0v) is 34.3. The summed E-state index contributed by atoms with van der Waals surface area (Å²) in [6, 6.07) is 38.6. The van der Waals surface area contributed by atoms with Gasteiger partial charge in [-0.2, -0.15) is 0 Å². The fourth-order valence-corrected chi connectivity index (χ4v) is 9.60. The summed E-state index contributed by atoms with van der Waals surface area (Å²) in [5, 5.41) is 10.1.